The van der Waals surface area contributed by atoms with Gasteiger partial charge in [-0.3, -0.25) is 0 Å². The molecule has 0 aliphatic heterocycles. The molecule has 0 radical (unpaired) electrons. The number of halogens is 3. The van der Waals surface area contributed by atoms with E-state index >= 15 is 0 Å². The maximum absolute atomic E-state index is 11.7. The lowest BCUT2D eigenvalue weighted by atomic mass is 10.4. The van der Waals surface area contributed by atoms with Crippen LogP contribution in [-0.2, 0) is 0 Å². The van der Waals surface area contributed by atoms with Crippen molar-refractivity contribution in [3.05, 3.63) is 22.8 Å². The van der Waals surface area contributed by atoms with E-state index in [1.54, 1.807) is 18.3 Å². The summed E-state index contributed by atoms with van der Waals surface area (Å²) in [7, 11) is 0. The molecule has 0 spiro atoms. The van der Waals surface area contributed by atoms with Gasteiger partial charge in [-0.15, -0.1) is 0 Å². The van der Waals surface area contributed by atoms with E-state index in [0.717, 1.165) is 4.47 Å². The number of alkyl halides is 2. The summed E-state index contributed by atoms with van der Waals surface area (Å²) in [6, 6.07) is 3.37. The molecule has 1 N–H and O–H groups in total. The molecule has 1 heterocycles. The summed E-state index contributed by atoms with van der Waals surface area (Å²) in [5.41, 5.74) is 0. The Balaban J connectivity index is 2.48. The SMILES string of the molecule is FC(F)CNc1ccc(Br)cn1. The molecule has 0 saturated heterocycles. The van der Waals surface area contributed by atoms with Crippen LogP contribution in [-0.4, -0.2) is 18.0 Å². The van der Waals surface area contributed by atoms with Crippen LogP contribution in [0.2, 0.25) is 0 Å². The Kier molecular flexibility index (Phi) is 3.40. The van der Waals surface area contributed by atoms with Crippen molar-refractivity contribution >= 4 is 21.7 Å². The van der Waals surface area contributed by atoms with E-state index in [1.165, 1.54) is 0 Å². The minimum absolute atomic E-state index is 0.366. The van der Waals surface area contributed by atoms with Gasteiger partial charge in [0, 0.05) is 10.7 Å². The Morgan fingerprint density at radius 2 is 2.25 bits per heavy atom. The second-order valence-corrected chi connectivity index (χ2v) is 3.05. The first-order chi connectivity index (χ1) is 5.68. The Hall–Kier alpha value is -0.710. The van der Waals surface area contributed by atoms with Crippen molar-refractivity contribution < 1.29 is 8.78 Å². The lowest BCUT2D eigenvalue weighted by Gasteiger charge is -2.03. The van der Waals surface area contributed by atoms with Gasteiger partial charge in [0.05, 0.1) is 6.54 Å². The van der Waals surface area contributed by atoms with E-state index in [0.29, 0.717) is 5.82 Å². The van der Waals surface area contributed by atoms with E-state index < -0.39 is 6.43 Å². The Labute approximate surface area is 77.1 Å². The van der Waals surface area contributed by atoms with Crippen molar-refractivity contribution in [3.8, 4) is 0 Å². The standard InChI is InChI=1S/C7H7BrF2N2/c8-5-1-2-7(11-3-5)12-4-6(9)10/h1-3,6H,4H2,(H,11,12). The van der Waals surface area contributed by atoms with E-state index in [-0.39, 0.29) is 6.54 Å². The van der Waals surface area contributed by atoms with Crippen molar-refractivity contribution in [3.63, 3.8) is 0 Å². The number of hydrogen-bond donors (Lipinski definition) is 1. The molecular formula is C7H7BrF2N2. The summed E-state index contributed by atoms with van der Waals surface area (Å²) >= 11 is 3.19. The molecule has 1 rings (SSSR count). The van der Waals surface area contributed by atoms with Crippen molar-refractivity contribution in [1.82, 2.24) is 4.98 Å². The number of nitrogens with zero attached hydrogens (tertiary/aromatic N) is 1. The molecule has 2 nitrogen and oxygen atoms in total. The van der Waals surface area contributed by atoms with Crippen LogP contribution in [0.5, 0.6) is 0 Å². The van der Waals surface area contributed by atoms with Gasteiger partial charge in [-0.2, -0.15) is 0 Å². The molecule has 0 saturated carbocycles. The molecule has 1 aromatic rings. The smallest absolute Gasteiger partial charge is 0.255 e. The second kappa shape index (κ2) is 4.35. The topological polar surface area (TPSA) is 24.9 Å². The third kappa shape index (κ3) is 3.13. The average molecular weight is 237 g/mol. The van der Waals surface area contributed by atoms with E-state index in [4.69, 9.17) is 0 Å². The highest BCUT2D eigenvalue weighted by atomic mass is 79.9. The molecular weight excluding hydrogens is 230 g/mol. The van der Waals surface area contributed by atoms with E-state index in [1.807, 2.05) is 0 Å². The van der Waals surface area contributed by atoms with Crippen molar-refractivity contribution in [2.24, 2.45) is 0 Å². The van der Waals surface area contributed by atoms with Crippen molar-refractivity contribution in [2.45, 2.75) is 6.43 Å². The van der Waals surface area contributed by atoms with Gasteiger partial charge < -0.3 is 5.32 Å². The molecule has 0 aromatic carbocycles. The maximum atomic E-state index is 11.7. The summed E-state index contributed by atoms with van der Waals surface area (Å²) in [5.74, 6) is 0.457. The largest absolute Gasteiger partial charge is 0.364 e. The van der Waals surface area contributed by atoms with Gasteiger partial charge in [0.1, 0.15) is 5.82 Å². The molecule has 0 atom stereocenters. The fraction of sp³-hybridized carbons (Fsp3) is 0.286. The fourth-order valence-electron chi connectivity index (χ4n) is 0.662. The zero-order chi connectivity index (χ0) is 8.97. The summed E-state index contributed by atoms with van der Waals surface area (Å²) in [5, 5.41) is 2.49. The second-order valence-electron chi connectivity index (χ2n) is 2.13. The minimum atomic E-state index is -2.35. The normalized spacial score (nSPS) is 10.3. The fourth-order valence-corrected chi connectivity index (χ4v) is 0.897. The first-order valence-electron chi connectivity index (χ1n) is 3.32. The van der Waals surface area contributed by atoms with Gasteiger partial charge in [-0.25, -0.2) is 13.8 Å². The summed E-state index contributed by atoms with van der Waals surface area (Å²) in [6.07, 6.45) is -0.802. The monoisotopic (exact) mass is 236 g/mol. The molecule has 0 unspecified atom stereocenters. The number of hydrogen-bond acceptors (Lipinski definition) is 2. The van der Waals surface area contributed by atoms with Crippen LogP contribution in [0, 0.1) is 0 Å². The van der Waals surface area contributed by atoms with Crippen LogP contribution in [0.1, 0.15) is 0 Å². The summed E-state index contributed by atoms with van der Waals surface area (Å²) < 4.78 is 24.2. The molecule has 0 fully saturated rings. The highest BCUT2D eigenvalue weighted by Crippen LogP contribution is 2.10. The van der Waals surface area contributed by atoms with Gasteiger partial charge in [0.15, 0.2) is 0 Å². The highest BCUT2D eigenvalue weighted by molar-refractivity contribution is 9.10. The number of aromatic nitrogens is 1. The molecule has 12 heavy (non-hydrogen) atoms. The molecule has 0 aliphatic carbocycles. The highest BCUT2D eigenvalue weighted by Gasteiger charge is 2.01. The van der Waals surface area contributed by atoms with Gasteiger partial charge in [-0.05, 0) is 28.1 Å². The molecule has 66 valence electrons. The Morgan fingerprint density at radius 1 is 1.50 bits per heavy atom. The molecule has 0 amide bonds. The Morgan fingerprint density at radius 3 is 2.75 bits per heavy atom. The van der Waals surface area contributed by atoms with Crippen LogP contribution in [0.3, 0.4) is 0 Å². The average Bonchev–Trinajstić information content (AvgIpc) is 2.03. The quantitative estimate of drug-likeness (QED) is 0.873. The molecule has 5 heteroatoms. The summed E-state index contributed by atoms with van der Waals surface area (Å²) in [6.45, 7) is -0.366. The number of nitrogens with one attached hydrogen (secondary N) is 1. The predicted octanol–water partition coefficient (Wildman–Crippen LogP) is 2.52. The van der Waals surface area contributed by atoms with E-state index in [2.05, 4.69) is 26.2 Å². The van der Waals surface area contributed by atoms with Crippen LogP contribution in [0.25, 0.3) is 0 Å². The first kappa shape index (κ1) is 9.38. The van der Waals surface area contributed by atoms with Gasteiger partial charge >= 0.3 is 0 Å². The van der Waals surface area contributed by atoms with Crippen LogP contribution in [0.4, 0.5) is 14.6 Å². The third-order valence-electron chi connectivity index (χ3n) is 1.16. The zero-order valence-electron chi connectivity index (χ0n) is 6.10. The van der Waals surface area contributed by atoms with Gasteiger partial charge in [-0.1, -0.05) is 0 Å². The number of rotatable bonds is 3. The lowest BCUT2D eigenvalue weighted by molar-refractivity contribution is 0.163. The van der Waals surface area contributed by atoms with E-state index in [9.17, 15) is 8.78 Å². The zero-order valence-corrected chi connectivity index (χ0v) is 7.68. The number of pyridine rings is 1. The van der Waals surface area contributed by atoms with Crippen molar-refractivity contribution in [2.75, 3.05) is 11.9 Å². The summed E-state index contributed by atoms with van der Waals surface area (Å²) in [4.78, 5) is 3.86. The van der Waals surface area contributed by atoms with Gasteiger partial charge in [0.2, 0.25) is 0 Å². The third-order valence-corrected chi connectivity index (χ3v) is 1.63. The maximum Gasteiger partial charge on any atom is 0.255 e. The number of anilines is 1. The van der Waals surface area contributed by atoms with Crippen LogP contribution < -0.4 is 5.32 Å². The van der Waals surface area contributed by atoms with Crippen LogP contribution >= 0.6 is 15.9 Å². The molecule has 1 aromatic heterocycles. The Bertz CT molecular complexity index is 238. The predicted molar refractivity (Wildman–Crippen MR) is 46.4 cm³/mol. The minimum Gasteiger partial charge on any atom is -0.364 e. The van der Waals surface area contributed by atoms with Crippen LogP contribution in [0.15, 0.2) is 22.8 Å². The van der Waals surface area contributed by atoms with Gasteiger partial charge in [0.25, 0.3) is 6.43 Å². The molecule has 0 bridgehead atoms. The first-order valence-corrected chi connectivity index (χ1v) is 4.11. The van der Waals surface area contributed by atoms with Crippen molar-refractivity contribution in [1.29, 1.82) is 0 Å². The molecule has 0 aliphatic rings. The lowest BCUT2D eigenvalue weighted by Crippen LogP contribution is -2.10.